The molecule has 1 heterocycles. The second-order valence-electron chi connectivity index (χ2n) is 4.97. The van der Waals surface area contributed by atoms with Gasteiger partial charge in [0.25, 0.3) is 0 Å². The lowest BCUT2D eigenvalue weighted by Crippen LogP contribution is -2.17. The van der Waals surface area contributed by atoms with Crippen LogP contribution in [0, 0.1) is 5.92 Å². The monoisotopic (exact) mass is 278 g/mol. The Morgan fingerprint density at radius 1 is 1.42 bits per heavy atom. The summed E-state index contributed by atoms with van der Waals surface area (Å²) < 4.78 is 0. The third-order valence-corrected chi connectivity index (χ3v) is 3.88. The van der Waals surface area contributed by atoms with Gasteiger partial charge in [0.15, 0.2) is 5.15 Å². The molecule has 102 valence electrons. The Balaban J connectivity index is 2.00. The van der Waals surface area contributed by atoms with Gasteiger partial charge in [0.2, 0.25) is 0 Å². The number of unbranched alkanes of at least 4 members (excludes halogenated alkanes) is 1. The van der Waals surface area contributed by atoms with E-state index in [1.807, 2.05) is 0 Å². The molecule has 0 N–H and O–H groups in total. The number of aromatic nitrogens is 2. The predicted molar refractivity (Wildman–Crippen MR) is 76.9 cm³/mol. The molecular weight excluding hydrogens is 260 g/mol. The molecule has 0 fully saturated rings. The molecule has 0 amide bonds. The Kier molecular flexibility index (Phi) is 5.08. The second kappa shape index (κ2) is 6.80. The maximum atomic E-state index is 12.0. The number of Topliss-reactive ketones (excluding diaryl/α,β-unsaturated/α-hetero) is 1. The largest absolute Gasteiger partial charge is 0.299 e. The van der Waals surface area contributed by atoms with Gasteiger partial charge in [-0.15, -0.1) is 0 Å². The standard InChI is InChI=1S/C15H19ClN2O/c1-2-3-4-13(19)11-5-7-12(8-6-11)14-15(16)18-10-9-17-14/h7,9-11H,2-6,8H2,1H3. The highest BCUT2D eigenvalue weighted by Crippen LogP contribution is 2.32. The van der Waals surface area contributed by atoms with Crippen molar-refractivity contribution in [2.45, 2.75) is 45.4 Å². The molecule has 19 heavy (non-hydrogen) atoms. The van der Waals surface area contributed by atoms with Gasteiger partial charge in [-0.1, -0.05) is 31.0 Å². The van der Waals surface area contributed by atoms with E-state index in [4.69, 9.17) is 11.6 Å². The van der Waals surface area contributed by atoms with E-state index >= 15 is 0 Å². The fraction of sp³-hybridized carbons (Fsp3) is 0.533. The molecule has 1 aliphatic rings. The first-order valence-electron chi connectivity index (χ1n) is 6.91. The van der Waals surface area contributed by atoms with Crippen LogP contribution in [0.15, 0.2) is 18.5 Å². The molecule has 3 nitrogen and oxygen atoms in total. The van der Waals surface area contributed by atoms with Crippen LogP contribution in [0.25, 0.3) is 5.57 Å². The minimum absolute atomic E-state index is 0.186. The van der Waals surface area contributed by atoms with Gasteiger partial charge >= 0.3 is 0 Å². The molecule has 0 aliphatic heterocycles. The van der Waals surface area contributed by atoms with E-state index in [2.05, 4.69) is 23.0 Å². The minimum atomic E-state index is 0.186. The molecule has 4 heteroatoms. The highest BCUT2D eigenvalue weighted by molar-refractivity contribution is 6.30. The van der Waals surface area contributed by atoms with Crippen molar-refractivity contribution < 1.29 is 4.79 Å². The van der Waals surface area contributed by atoms with Crippen molar-refractivity contribution in [3.05, 3.63) is 29.3 Å². The Morgan fingerprint density at radius 3 is 2.84 bits per heavy atom. The number of ketones is 1. The number of allylic oxidation sites excluding steroid dienone is 2. The van der Waals surface area contributed by atoms with Crippen molar-refractivity contribution in [1.29, 1.82) is 0 Å². The van der Waals surface area contributed by atoms with Gasteiger partial charge in [-0.2, -0.15) is 0 Å². The third-order valence-electron chi connectivity index (χ3n) is 3.60. The van der Waals surface area contributed by atoms with Crippen molar-refractivity contribution in [3.63, 3.8) is 0 Å². The third kappa shape index (κ3) is 3.63. The zero-order valence-corrected chi connectivity index (χ0v) is 12.0. The Bertz CT molecular complexity index is 485. The van der Waals surface area contributed by atoms with Gasteiger partial charge < -0.3 is 0 Å². The van der Waals surface area contributed by atoms with E-state index in [1.165, 1.54) is 0 Å². The first-order valence-corrected chi connectivity index (χ1v) is 7.28. The summed E-state index contributed by atoms with van der Waals surface area (Å²) in [6, 6.07) is 0. The fourth-order valence-corrected chi connectivity index (χ4v) is 2.66. The predicted octanol–water partition coefficient (Wildman–Crippen LogP) is 4.07. The molecule has 0 saturated heterocycles. The molecule has 1 atom stereocenters. The fourth-order valence-electron chi connectivity index (χ4n) is 2.43. The summed E-state index contributed by atoms with van der Waals surface area (Å²) in [7, 11) is 0. The number of carbonyl (C=O) groups excluding carboxylic acids is 1. The Labute approximate surface area is 119 Å². The second-order valence-corrected chi connectivity index (χ2v) is 5.32. The van der Waals surface area contributed by atoms with Gasteiger partial charge in [-0.05, 0) is 31.3 Å². The molecule has 0 spiro atoms. The van der Waals surface area contributed by atoms with E-state index in [-0.39, 0.29) is 5.92 Å². The molecule has 0 radical (unpaired) electrons. The minimum Gasteiger partial charge on any atom is -0.299 e. The average Bonchev–Trinajstić information content (AvgIpc) is 2.45. The molecule has 1 unspecified atom stereocenters. The molecule has 0 saturated carbocycles. The van der Waals surface area contributed by atoms with Crippen LogP contribution in [-0.2, 0) is 4.79 Å². The SMILES string of the molecule is CCCCC(=O)C1CC=C(c2nccnc2Cl)CC1. The molecule has 0 bridgehead atoms. The molecule has 0 aromatic carbocycles. The van der Waals surface area contributed by atoms with Gasteiger partial charge in [0.05, 0.1) is 0 Å². The smallest absolute Gasteiger partial charge is 0.154 e. The van der Waals surface area contributed by atoms with Crippen LogP contribution in [0.2, 0.25) is 5.15 Å². The number of halogens is 1. The van der Waals surface area contributed by atoms with Gasteiger partial charge in [0.1, 0.15) is 11.5 Å². The summed E-state index contributed by atoms with van der Waals surface area (Å²) in [5.74, 6) is 0.591. The highest BCUT2D eigenvalue weighted by Gasteiger charge is 2.22. The van der Waals surface area contributed by atoms with Crippen molar-refractivity contribution in [2.75, 3.05) is 0 Å². The van der Waals surface area contributed by atoms with Gasteiger partial charge in [0, 0.05) is 24.7 Å². The maximum absolute atomic E-state index is 12.0. The lowest BCUT2D eigenvalue weighted by molar-refractivity contribution is -0.123. The lowest BCUT2D eigenvalue weighted by Gasteiger charge is -2.20. The number of nitrogens with zero attached hydrogens (tertiary/aromatic N) is 2. The quantitative estimate of drug-likeness (QED) is 0.815. The Morgan fingerprint density at radius 2 is 2.21 bits per heavy atom. The summed E-state index contributed by atoms with van der Waals surface area (Å²) in [6.07, 6.45) is 10.7. The van der Waals surface area contributed by atoms with E-state index in [1.54, 1.807) is 12.4 Å². The zero-order chi connectivity index (χ0) is 13.7. The van der Waals surface area contributed by atoms with Crippen molar-refractivity contribution in [2.24, 2.45) is 5.92 Å². The topological polar surface area (TPSA) is 42.9 Å². The van der Waals surface area contributed by atoms with Crippen molar-refractivity contribution in [3.8, 4) is 0 Å². The summed E-state index contributed by atoms with van der Waals surface area (Å²) in [6.45, 7) is 2.11. The molecule has 1 aromatic rings. The van der Waals surface area contributed by atoms with Crippen LogP contribution in [0.4, 0.5) is 0 Å². The van der Waals surface area contributed by atoms with Gasteiger partial charge in [-0.3, -0.25) is 9.78 Å². The number of carbonyl (C=O) groups is 1. The van der Waals surface area contributed by atoms with Crippen LogP contribution < -0.4 is 0 Å². The first kappa shape index (κ1) is 14.2. The van der Waals surface area contributed by atoms with Crippen molar-refractivity contribution in [1.82, 2.24) is 9.97 Å². The molecule has 2 rings (SSSR count). The number of hydrogen-bond acceptors (Lipinski definition) is 3. The number of rotatable bonds is 5. The summed E-state index contributed by atoms with van der Waals surface area (Å²) in [5, 5.41) is 0.449. The van der Waals surface area contributed by atoms with Gasteiger partial charge in [-0.25, -0.2) is 4.98 Å². The van der Waals surface area contributed by atoms with E-state index < -0.39 is 0 Å². The maximum Gasteiger partial charge on any atom is 0.154 e. The van der Waals surface area contributed by atoms with E-state index in [9.17, 15) is 4.79 Å². The van der Waals surface area contributed by atoms with Crippen LogP contribution >= 0.6 is 11.6 Å². The summed E-state index contributed by atoms with van der Waals surface area (Å²) in [4.78, 5) is 20.3. The lowest BCUT2D eigenvalue weighted by atomic mass is 9.84. The summed E-state index contributed by atoms with van der Waals surface area (Å²) >= 11 is 6.04. The normalized spacial score (nSPS) is 19.1. The van der Waals surface area contributed by atoms with Crippen LogP contribution in [0.1, 0.15) is 51.1 Å². The molecular formula is C15H19ClN2O. The van der Waals surface area contributed by atoms with Crippen LogP contribution in [-0.4, -0.2) is 15.8 Å². The Hall–Kier alpha value is -1.22. The van der Waals surface area contributed by atoms with Crippen molar-refractivity contribution >= 4 is 23.0 Å². The van der Waals surface area contributed by atoms with E-state index in [0.29, 0.717) is 10.9 Å². The van der Waals surface area contributed by atoms with Crippen LogP contribution in [0.3, 0.4) is 0 Å². The van der Waals surface area contributed by atoms with Crippen LogP contribution in [0.5, 0.6) is 0 Å². The molecule has 1 aromatic heterocycles. The highest BCUT2D eigenvalue weighted by atomic mass is 35.5. The molecule has 1 aliphatic carbocycles. The van der Waals surface area contributed by atoms with E-state index in [0.717, 1.165) is 49.8 Å². The number of hydrogen-bond donors (Lipinski definition) is 0. The summed E-state index contributed by atoms with van der Waals surface area (Å²) in [5.41, 5.74) is 1.89. The zero-order valence-electron chi connectivity index (χ0n) is 11.2. The first-order chi connectivity index (χ1) is 9.22. The average molecular weight is 279 g/mol.